The van der Waals surface area contributed by atoms with E-state index in [1.807, 2.05) is 4.90 Å². The molecule has 0 bridgehead atoms. The lowest BCUT2D eigenvalue weighted by Gasteiger charge is -2.50. The van der Waals surface area contributed by atoms with Gasteiger partial charge in [-0.3, -0.25) is 9.69 Å². The molecule has 1 aliphatic carbocycles. The molecule has 2 fully saturated rings. The largest absolute Gasteiger partial charge is 0.417 e. The molecule has 0 spiro atoms. The number of carbonyl (C=O) groups excluding carboxylic acids is 1. The Morgan fingerprint density at radius 3 is 2.24 bits per heavy atom. The zero-order valence-corrected chi connectivity index (χ0v) is 21.5. The van der Waals surface area contributed by atoms with Crippen LogP contribution in [-0.4, -0.2) is 70.6 Å². The Morgan fingerprint density at radius 1 is 1.05 bits per heavy atom. The lowest BCUT2D eigenvalue weighted by Crippen LogP contribution is -2.59. The predicted molar refractivity (Wildman–Crippen MR) is 125 cm³/mol. The number of imidazole rings is 1. The van der Waals surface area contributed by atoms with Crippen molar-refractivity contribution in [1.29, 1.82) is 0 Å². The van der Waals surface area contributed by atoms with Crippen LogP contribution >= 0.6 is 0 Å². The molecule has 1 saturated heterocycles. The number of rotatable bonds is 7. The second-order valence-electron chi connectivity index (χ2n) is 9.93. The summed E-state index contributed by atoms with van der Waals surface area (Å²) in [6.07, 6.45) is -3.72. The second kappa shape index (κ2) is 10.3. The maximum atomic E-state index is 14.3. The molecular weight excluding hydrogens is 538 g/mol. The first-order valence-electron chi connectivity index (χ1n) is 12.1. The first-order valence-corrected chi connectivity index (χ1v) is 13.6. The number of alkyl halides is 5. The van der Waals surface area contributed by atoms with Gasteiger partial charge in [0, 0.05) is 64.2 Å². The Balaban J connectivity index is 1.52. The van der Waals surface area contributed by atoms with Crippen molar-refractivity contribution in [2.75, 3.05) is 26.2 Å². The molecule has 0 radical (unpaired) electrons. The van der Waals surface area contributed by atoms with E-state index in [-0.39, 0.29) is 50.5 Å². The highest BCUT2D eigenvalue weighted by Gasteiger charge is 2.48. The number of piperazine rings is 1. The Morgan fingerprint density at radius 2 is 1.68 bits per heavy atom. The Bertz CT molecular complexity index is 1280. The van der Waals surface area contributed by atoms with E-state index >= 15 is 0 Å². The van der Waals surface area contributed by atoms with E-state index in [1.54, 1.807) is 7.05 Å². The summed E-state index contributed by atoms with van der Waals surface area (Å²) >= 11 is 0. The molecule has 4 rings (SSSR count). The standard InChI is InChI=1S/C24H28F6N4O3S/c1-32-15-20(31-16-32)38(36,37)34-13-11-33(12-14-34)22(7-9-23(26,27)10-8-22)6-5-19(35)21-17(24(28,29)30)3-2-4-18(21)25/h2-4,15-16H,5-14H2,1H3. The minimum Gasteiger partial charge on any atom is -0.339 e. The van der Waals surface area contributed by atoms with Crippen LogP contribution in [0.4, 0.5) is 26.3 Å². The van der Waals surface area contributed by atoms with Gasteiger partial charge in [-0.05, 0) is 31.4 Å². The van der Waals surface area contributed by atoms with Crippen LogP contribution < -0.4 is 0 Å². The highest BCUT2D eigenvalue weighted by molar-refractivity contribution is 7.89. The number of hydrogen-bond donors (Lipinski definition) is 0. The topological polar surface area (TPSA) is 75.5 Å². The summed E-state index contributed by atoms with van der Waals surface area (Å²) in [5.74, 6) is -5.25. The zero-order valence-electron chi connectivity index (χ0n) is 20.6. The van der Waals surface area contributed by atoms with Gasteiger partial charge in [-0.25, -0.2) is 26.6 Å². The van der Waals surface area contributed by atoms with E-state index in [0.29, 0.717) is 6.07 Å². The van der Waals surface area contributed by atoms with Crippen molar-refractivity contribution >= 4 is 15.8 Å². The molecule has 1 aliphatic heterocycles. The van der Waals surface area contributed by atoms with Crippen LogP contribution in [0.15, 0.2) is 35.7 Å². The molecular formula is C24H28F6N4O3S. The third-order valence-corrected chi connectivity index (χ3v) is 9.31. The molecule has 14 heteroatoms. The zero-order chi connectivity index (χ0) is 27.9. The molecule has 2 heterocycles. The quantitative estimate of drug-likeness (QED) is 0.365. The third kappa shape index (κ3) is 5.76. The van der Waals surface area contributed by atoms with Gasteiger partial charge in [-0.1, -0.05) is 6.07 Å². The minimum absolute atomic E-state index is 0.0241. The Kier molecular flexibility index (Phi) is 7.71. The van der Waals surface area contributed by atoms with Crippen molar-refractivity contribution in [3.05, 3.63) is 47.7 Å². The summed E-state index contributed by atoms with van der Waals surface area (Å²) in [5.41, 5.74) is -3.38. The van der Waals surface area contributed by atoms with E-state index in [1.165, 1.54) is 21.4 Å². The smallest absolute Gasteiger partial charge is 0.339 e. The molecule has 210 valence electrons. The third-order valence-electron chi connectivity index (χ3n) is 7.52. The summed E-state index contributed by atoms with van der Waals surface area (Å²) in [6.45, 7) is 0.464. The van der Waals surface area contributed by atoms with Gasteiger partial charge in [-0.2, -0.15) is 17.5 Å². The van der Waals surface area contributed by atoms with Gasteiger partial charge in [0.25, 0.3) is 10.0 Å². The maximum absolute atomic E-state index is 14.3. The number of aryl methyl sites for hydroxylation is 1. The van der Waals surface area contributed by atoms with Crippen molar-refractivity contribution in [3.8, 4) is 0 Å². The fourth-order valence-corrected chi connectivity index (χ4v) is 6.77. The van der Waals surface area contributed by atoms with Crippen LogP contribution in [0.5, 0.6) is 0 Å². The van der Waals surface area contributed by atoms with Crippen LogP contribution in [-0.2, 0) is 23.2 Å². The van der Waals surface area contributed by atoms with Crippen molar-refractivity contribution in [2.45, 2.75) is 61.2 Å². The van der Waals surface area contributed by atoms with Crippen LogP contribution in [0.3, 0.4) is 0 Å². The predicted octanol–water partition coefficient (Wildman–Crippen LogP) is 4.50. The van der Waals surface area contributed by atoms with Gasteiger partial charge in [0.15, 0.2) is 10.8 Å². The molecule has 1 aromatic carbocycles. The molecule has 1 saturated carbocycles. The van der Waals surface area contributed by atoms with E-state index in [9.17, 15) is 39.6 Å². The first-order chi connectivity index (χ1) is 17.6. The van der Waals surface area contributed by atoms with Gasteiger partial charge >= 0.3 is 6.18 Å². The molecule has 0 amide bonds. The molecule has 38 heavy (non-hydrogen) atoms. The molecule has 2 aliphatic rings. The average Bonchev–Trinajstić information content (AvgIpc) is 3.30. The number of carbonyl (C=O) groups is 1. The Hall–Kier alpha value is -2.45. The summed E-state index contributed by atoms with van der Waals surface area (Å²) in [4.78, 5) is 18.6. The van der Waals surface area contributed by atoms with Crippen LogP contribution in [0.2, 0.25) is 0 Å². The maximum Gasteiger partial charge on any atom is 0.417 e. The van der Waals surface area contributed by atoms with E-state index in [2.05, 4.69) is 4.98 Å². The van der Waals surface area contributed by atoms with Gasteiger partial charge in [0.05, 0.1) is 17.5 Å². The van der Waals surface area contributed by atoms with Crippen LogP contribution in [0, 0.1) is 5.82 Å². The summed E-state index contributed by atoms with van der Waals surface area (Å²) in [6, 6.07) is 2.29. The number of ketones is 1. The fraction of sp³-hybridized carbons (Fsp3) is 0.583. The average molecular weight is 567 g/mol. The SMILES string of the molecule is Cn1cnc(S(=O)(=O)N2CCN(C3(CCC(=O)c4c(F)cccc4C(F)(F)F)CCC(F)(F)CC3)CC2)c1. The lowest BCUT2D eigenvalue weighted by atomic mass is 9.74. The van der Waals surface area contributed by atoms with Gasteiger partial charge in [-0.15, -0.1) is 0 Å². The monoisotopic (exact) mass is 566 g/mol. The molecule has 7 nitrogen and oxygen atoms in total. The number of hydrogen-bond acceptors (Lipinski definition) is 5. The summed E-state index contributed by atoms with van der Waals surface area (Å²) in [5, 5.41) is -0.114. The van der Waals surface area contributed by atoms with Gasteiger partial charge < -0.3 is 4.57 Å². The van der Waals surface area contributed by atoms with Crippen molar-refractivity contribution in [1.82, 2.24) is 18.8 Å². The second-order valence-corrected chi connectivity index (χ2v) is 11.8. The minimum atomic E-state index is -4.94. The Labute approximate surface area is 216 Å². The first kappa shape index (κ1) is 28.6. The van der Waals surface area contributed by atoms with Gasteiger partial charge in [0.1, 0.15) is 5.82 Å². The molecule has 1 aromatic heterocycles. The van der Waals surface area contributed by atoms with E-state index in [0.717, 1.165) is 12.1 Å². The fourth-order valence-electron chi connectivity index (χ4n) is 5.38. The van der Waals surface area contributed by atoms with Crippen LogP contribution in [0.1, 0.15) is 54.4 Å². The molecule has 0 atom stereocenters. The number of aromatic nitrogens is 2. The molecule has 0 N–H and O–H groups in total. The number of sulfonamides is 1. The van der Waals surface area contributed by atoms with E-state index < -0.39 is 69.7 Å². The van der Waals surface area contributed by atoms with Crippen molar-refractivity contribution < 1.29 is 39.6 Å². The summed E-state index contributed by atoms with van der Waals surface area (Å²) in [7, 11) is -2.23. The lowest BCUT2D eigenvalue weighted by molar-refractivity contribution is -0.138. The van der Waals surface area contributed by atoms with Crippen LogP contribution in [0.25, 0.3) is 0 Å². The van der Waals surface area contributed by atoms with Crippen molar-refractivity contribution in [3.63, 3.8) is 0 Å². The van der Waals surface area contributed by atoms with Crippen molar-refractivity contribution in [2.24, 2.45) is 7.05 Å². The highest BCUT2D eigenvalue weighted by atomic mass is 32.2. The number of nitrogens with zero attached hydrogens (tertiary/aromatic N) is 4. The number of Topliss-reactive ketones (excluding diaryl/α,β-unsaturated/α-hetero) is 1. The summed E-state index contributed by atoms with van der Waals surface area (Å²) < 4.78 is 111. The number of benzene rings is 1. The normalized spacial score (nSPS) is 20.9. The molecule has 2 aromatic rings. The van der Waals surface area contributed by atoms with Gasteiger partial charge in [0.2, 0.25) is 5.92 Å². The number of halogens is 6. The molecule has 0 unspecified atom stereocenters. The van der Waals surface area contributed by atoms with E-state index in [4.69, 9.17) is 0 Å². The highest BCUT2D eigenvalue weighted by Crippen LogP contribution is 2.45.